The van der Waals surface area contributed by atoms with E-state index in [2.05, 4.69) is 22.1 Å². The van der Waals surface area contributed by atoms with Crippen molar-refractivity contribution < 1.29 is 4.74 Å². The van der Waals surface area contributed by atoms with Gasteiger partial charge in [0.05, 0.1) is 7.11 Å². The largest absolute Gasteiger partial charge is 0.484 e. The molecule has 0 radical (unpaired) electrons. The van der Waals surface area contributed by atoms with Gasteiger partial charge in [-0.2, -0.15) is 10.1 Å². The number of hydrogen-bond acceptors (Lipinski definition) is 3. The van der Waals surface area contributed by atoms with Crippen LogP contribution in [0.5, 0.6) is 0 Å². The number of aromatic amines is 1. The number of aliphatic imine (C=N–C) groups is 1. The highest BCUT2D eigenvalue weighted by Gasteiger charge is 1.98. The molecule has 4 nitrogen and oxygen atoms in total. The quantitative estimate of drug-likeness (QED) is 0.572. The van der Waals surface area contributed by atoms with E-state index in [1.807, 2.05) is 6.07 Å². The zero-order valence-corrected chi connectivity index (χ0v) is 8.08. The van der Waals surface area contributed by atoms with Gasteiger partial charge in [0.25, 0.3) is 0 Å². The molecule has 0 atom stereocenters. The molecule has 0 spiro atoms. The van der Waals surface area contributed by atoms with Gasteiger partial charge in [-0.1, -0.05) is 13.3 Å². The fraction of sp³-hybridized carbons (Fsp3) is 0.556. The normalized spacial score (nSPS) is 11.7. The lowest BCUT2D eigenvalue weighted by atomic mass is 10.2. The molecule has 4 heteroatoms. The summed E-state index contributed by atoms with van der Waals surface area (Å²) >= 11 is 0. The second-order valence-corrected chi connectivity index (χ2v) is 2.75. The fourth-order valence-corrected chi connectivity index (χ4v) is 0.974. The molecule has 0 saturated heterocycles. The Bertz CT molecular complexity index is 254. The number of H-pyrrole nitrogens is 1. The molecule has 0 aliphatic carbocycles. The topological polar surface area (TPSA) is 50.3 Å². The Labute approximate surface area is 78.0 Å². The van der Waals surface area contributed by atoms with Gasteiger partial charge in [-0.25, -0.2) is 0 Å². The Morgan fingerprint density at radius 1 is 1.69 bits per heavy atom. The van der Waals surface area contributed by atoms with Crippen LogP contribution in [0.2, 0.25) is 0 Å². The van der Waals surface area contributed by atoms with Crippen molar-refractivity contribution in [3.05, 3.63) is 12.3 Å². The smallest absolute Gasteiger partial charge is 0.189 e. The first-order valence-electron chi connectivity index (χ1n) is 4.48. The van der Waals surface area contributed by atoms with Crippen LogP contribution in [-0.2, 0) is 4.74 Å². The van der Waals surface area contributed by atoms with Crippen molar-refractivity contribution in [2.24, 2.45) is 4.99 Å². The maximum absolute atomic E-state index is 5.12. The number of nitrogens with one attached hydrogen (secondary N) is 1. The molecule has 1 aromatic rings. The summed E-state index contributed by atoms with van der Waals surface area (Å²) in [5.74, 6) is 1.42. The summed E-state index contributed by atoms with van der Waals surface area (Å²) in [4.78, 5) is 4.23. The number of unbranched alkanes of at least 4 members (excludes halogenated alkanes) is 1. The Balaban J connectivity index is 2.55. The van der Waals surface area contributed by atoms with Crippen LogP contribution in [0.15, 0.2) is 17.3 Å². The molecular weight excluding hydrogens is 166 g/mol. The molecule has 0 aliphatic heterocycles. The van der Waals surface area contributed by atoms with Gasteiger partial charge in [-0.05, 0) is 6.42 Å². The minimum absolute atomic E-state index is 0.674. The van der Waals surface area contributed by atoms with Crippen molar-refractivity contribution in [3.63, 3.8) is 0 Å². The minimum atomic E-state index is 0.674. The first-order chi connectivity index (χ1) is 6.36. The maximum atomic E-state index is 5.12. The summed E-state index contributed by atoms with van der Waals surface area (Å²) in [5.41, 5.74) is 0. The molecule has 0 aromatic carbocycles. The number of nitrogens with zero attached hydrogens (tertiary/aromatic N) is 2. The predicted molar refractivity (Wildman–Crippen MR) is 52.2 cm³/mol. The minimum Gasteiger partial charge on any atom is -0.484 e. The Hall–Kier alpha value is -1.32. The number of aromatic nitrogens is 2. The highest BCUT2D eigenvalue weighted by atomic mass is 16.5. The summed E-state index contributed by atoms with van der Waals surface area (Å²) in [5, 5.41) is 6.62. The molecule has 72 valence electrons. The van der Waals surface area contributed by atoms with E-state index in [1.54, 1.807) is 13.3 Å². The molecule has 1 heterocycles. The van der Waals surface area contributed by atoms with Crippen LogP contribution in [-0.4, -0.2) is 23.2 Å². The Kier molecular flexibility index (Phi) is 4.02. The maximum Gasteiger partial charge on any atom is 0.189 e. The molecular formula is C9H15N3O. The molecule has 0 saturated carbocycles. The van der Waals surface area contributed by atoms with Gasteiger partial charge < -0.3 is 4.74 Å². The van der Waals surface area contributed by atoms with Gasteiger partial charge in [0.1, 0.15) is 0 Å². The molecule has 0 fully saturated rings. The molecule has 0 aliphatic rings. The van der Waals surface area contributed by atoms with Crippen LogP contribution in [0.4, 0.5) is 5.82 Å². The Morgan fingerprint density at radius 2 is 2.54 bits per heavy atom. The summed E-state index contributed by atoms with van der Waals surface area (Å²) < 4.78 is 5.12. The molecule has 1 aromatic heterocycles. The van der Waals surface area contributed by atoms with Crippen LogP contribution in [0.25, 0.3) is 0 Å². The predicted octanol–water partition coefficient (Wildman–Crippen LogP) is 2.28. The lowest BCUT2D eigenvalue weighted by Gasteiger charge is -2.01. The van der Waals surface area contributed by atoms with E-state index >= 15 is 0 Å². The van der Waals surface area contributed by atoms with Crippen LogP contribution in [0, 0.1) is 0 Å². The summed E-state index contributed by atoms with van der Waals surface area (Å²) in [6, 6.07) is 1.81. The fourth-order valence-electron chi connectivity index (χ4n) is 0.974. The van der Waals surface area contributed by atoms with Crippen LogP contribution in [0.1, 0.15) is 26.2 Å². The van der Waals surface area contributed by atoms with Crippen molar-refractivity contribution in [2.75, 3.05) is 7.11 Å². The lowest BCUT2D eigenvalue weighted by Crippen LogP contribution is -2.00. The molecule has 13 heavy (non-hydrogen) atoms. The number of rotatable bonds is 4. The van der Waals surface area contributed by atoms with E-state index in [0.717, 1.165) is 25.2 Å². The van der Waals surface area contributed by atoms with E-state index in [1.165, 1.54) is 0 Å². The van der Waals surface area contributed by atoms with Gasteiger partial charge in [0.2, 0.25) is 0 Å². The third-order valence-corrected chi connectivity index (χ3v) is 1.71. The average molecular weight is 181 g/mol. The molecule has 1 N–H and O–H groups in total. The second-order valence-electron chi connectivity index (χ2n) is 2.75. The van der Waals surface area contributed by atoms with Gasteiger partial charge in [-0.3, -0.25) is 5.10 Å². The zero-order chi connectivity index (χ0) is 9.52. The van der Waals surface area contributed by atoms with Gasteiger partial charge in [0.15, 0.2) is 11.7 Å². The SMILES string of the molecule is CCCC/C(=N/c1cc[nH]n1)OC. The van der Waals surface area contributed by atoms with E-state index in [-0.39, 0.29) is 0 Å². The van der Waals surface area contributed by atoms with Crippen LogP contribution < -0.4 is 0 Å². The standard InChI is InChI=1S/C9H15N3O/c1-3-4-5-9(13-2)11-8-6-7-10-12-8/h6-7H,3-5H2,1-2H3,(H,10,12)/b11-9-. The van der Waals surface area contributed by atoms with Crippen LogP contribution >= 0.6 is 0 Å². The number of ether oxygens (including phenoxy) is 1. The molecule has 0 unspecified atom stereocenters. The number of methoxy groups -OCH3 is 1. The monoisotopic (exact) mass is 181 g/mol. The number of hydrogen-bond donors (Lipinski definition) is 1. The van der Waals surface area contributed by atoms with Gasteiger partial charge >= 0.3 is 0 Å². The second kappa shape index (κ2) is 5.35. The van der Waals surface area contributed by atoms with Crippen LogP contribution in [0.3, 0.4) is 0 Å². The molecule has 0 amide bonds. The molecule has 1 rings (SSSR count). The van der Waals surface area contributed by atoms with E-state index in [0.29, 0.717) is 5.82 Å². The van der Waals surface area contributed by atoms with Crippen molar-refractivity contribution in [1.82, 2.24) is 10.2 Å². The summed E-state index contributed by atoms with van der Waals surface area (Å²) in [6.07, 6.45) is 4.85. The summed E-state index contributed by atoms with van der Waals surface area (Å²) in [6.45, 7) is 2.14. The third kappa shape index (κ3) is 3.27. The van der Waals surface area contributed by atoms with Gasteiger partial charge in [0, 0.05) is 18.7 Å². The van der Waals surface area contributed by atoms with Crippen molar-refractivity contribution in [3.8, 4) is 0 Å². The molecule has 0 bridgehead atoms. The highest BCUT2D eigenvalue weighted by molar-refractivity contribution is 5.78. The first kappa shape index (κ1) is 9.77. The van der Waals surface area contributed by atoms with Crippen molar-refractivity contribution >= 4 is 11.7 Å². The van der Waals surface area contributed by atoms with E-state index in [9.17, 15) is 0 Å². The zero-order valence-electron chi connectivity index (χ0n) is 8.08. The van der Waals surface area contributed by atoms with E-state index in [4.69, 9.17) is 4.74 Å². The highest BCUT2D eigenvalue weighted by Crippen LogP contribution is 2.08. The summed E-state index contributed by atoms with van der Waals surface area (Å²) in [7, 11) is 1.64. The van der Waals surface area contributed by atoms with Crippen molar-refractivity contribution in [1.29, 1.82) is 0 Å². The van der Waals surface area contributed by atoms with Gasteiger partial charge in [-0.15, -0.1) is 0 Å². The lowest BCUT2D eigenvalue weighted by molar-refractivity contribution is 0.388. The first-order valence-corrected chi connectivity index (χ1v) is 4.48. The van der Waals surface area contributed by atoms with Crippen molar-refractivity contribution in [2.45, 2.75) is 26.2 Å². The third-order valence-electron chi connectivity index (χ3n) is 1.71. The van der Waals surface area contributed by atoms with E-state index < -0.39 is 0 Å². The average Bonchev–Trinajstić information content (AvgIpc) is 2.64. The Morgan fingerprint density at radius 3 is 3.08 bits per heavy atom.